The highest BCUT2D eigenvalue weighted by atomic mass is 16.6. The molecule has 0 aliphatic carbocycles. The summed E-state index contributed by atoms with van der Waals surface area (Å²) in [5.41, 5.74) is 0.224. The fourth-order valence-electron chi connectivity index (χ4n) is 2.08. The highest BCUT2D eigenvalue weighted by Gasteiger charge is 2.35. The Morgan fingerprint density at radius 3 is 2.70 bits per heavy atom. The lowest BCUT2D eigenvalue weighted by molar-refractivity contribution is -0.208. The summed E-state index contributed by atoms with van der Waals surface area (Å²) < 4.78 is 5.16. The number of para-hydroxylation sites is 1. The van der Waals surface area contributed by atoms with Crippen molar-refractivity contribution >= 4 is 5.91 Å². The van der Waals surface area contributed by atoms with Crippen molar-refractivity contribution in [1.29, 1.82) is 0 Å². The molecule has 0 saturated carbocycles. The molecular formula is C14H17NO5. The molecule has 0 bridgehead atoms. The van der Waals surface area contributed by atoms with E-state index >= 15 is 0 Å². The van der Waals surface area contributed by atoms with Gasteiger partial charge >= 0.3 is 0 Å². The van der Waals surface area contributed by atoms with Gasteiger partial charge in [0.05, 0.1) is 17.4 Å². The molecule has 1 aliphatic rings. The Bertz CT molecular complexity index is 552. The average molecular weight is 279 g/mol. The number of phenolic OH excluding ortho intramolecular Hbond substituents is 1. The molecule has 20 heavy (non-hydrogen) atoms. The van der Waals surface area contributed by atoms with Crippen LogP contribution in [0.3, 0.4) is 0 Å². The quantitative estimate of drug-likeness (QED) is 0.631. The Morgan fingerprint density at radius 1 is 1.40 bits per heavy atom. The number of nitrogens with one attached hydrogen (secondary N) is 1. The van der Waals surface area contributed by atoms with Crippen molar-refractivity contribution in [3.05, 3.63) is 41.6 Å². The zero-order chi connectivity index (χ0) is 14.9. The van der Waals surface area contributed by atoms with Crippen molar-refractivity contribution in [1.82, 2.24) is 5.32 Å². The van der Waals surface area contributed by atoms with Crippen LogP contribution in [0.2, 0.25) is 0 Å². The molecule has 0 fully saturated rings. The van der Waals surface area contributed by atoms with Crippen molar-refractivity contribution in [2.75, 3.05) is 0 Å². The molecular weight excluding hydrogens is 262 g/mol. The Hall–Kier alpha value is -1.89. The minimum absolute atomic E-state index is 0.0828. The number of phenols is 1. The van der Waals surface area contributed by atoms with E-state index in [-0.39, 0.29) is 17.0 Å². The molecule has 0 saturated heterocycles. The Morgan fingerprint density at radius 2 is 2.05 bits per heavy atom. The van der Waals surface area contributed by atoms with Crippen molar-refractivity contribution in [3.63, 3.8) is 0 Å². The van der Waals surface area contributed by atoms with Gasteiger partial charge in [-0.2, -0.15) is 0 Å². The summed E-state index contributed by atoms with van der Waals surface area (Å²) in [6.07, 6.45) is -0.505. The van der Waals surface area contributed by atoms with E-state index in [0.717, 1.165) is 0 Å². The van der Waals surface area contributed by atoms with E-state index in [9.17, 15) is 20.1 Å². The molecule has 1 aromatic carbocycles. The number of aromatic hydroxyl groups is 1. The van der Waals surface area contributed by atoms with Gasteiger partial charge in [-0.25, -0.2) is 0 Å². The van der Waals surface area contributed by atoms with Crippen LogP contribution in [0, 0.1) is 0 Å². The third-order valence-electron chi connectivity index (χ3n) is 3.02. The molecule has 0 radical (unpaired) electrons. The third kappa shape index (κ3) is 2.98. The lowest BCUT2D eigenvalue weighted by atomic mass is 10.0. The first-order valence-electron chi connectivity index (χ1n) is 6.20. The van der Waals surface area contributed by atoms with Gasteiger partial charge in [0.1, 0.15) is 11.9 Å². The van der Waals surface area contributed by atoms with Gasteiger partial charge in [-0.3, -0.25) is 4.79 Å². The molecule has 6 heteroatoms. The Balaban J connectivity index is 2.23. The number of rotatable bonds is 2. The number of carbonyl (C=O) groups excluding carboxylic acids is 1. The van der Waals surface area contributed by atoms with E-state index in [1.54, 1.807) is 19.1 Å². The largest absolute Gasteiger partial charge is 0.507 e. The Kier molecular flexibility index (Phi) is 3.80. The molecule has 4 N–H and O–H groups in total. The number of hydrogen-bond acceptors (Lipinski definition) is 5. The molecule has 1 heterocycles. The average Bonchev–Trinajstić information content (AvgIpc) is 2.35. The van der Waals surface area contributed by atoms with E-state index in [2.05, 4.69) is 5.32 Å². The zero-order valence-corrected chi connectivity index (χ0v) is 11.2. The van der Waals surface area contributed by atoms with Crippen LogP contribution in [0.1, 0.15) is 24.2 Å². The fraction of sp³-hybridized carbons (Fsp3) is 0.357. The summed E-state index contributed by atoms with van der Waals surface area (Å²) in [4.78, 5) is 12.1. The number of aliphatic hydroxyl groups excluding tert-OH is 1. The number of aliphatic hydroxyl groups is 2. The van der Waals surface area contributed by atoms with Gasteiger partial charge in [0.15, 0.2) is 5.79 Å². The van der Waals surface area contributed by atoms with Crippen molar-refractivity contribution in [3.8, 4) is 5.75 Å². The van der Waals surface area contributed by atoms with E-state index in [4.69, 9.17) is 4.74 Å². The number of ether oxygens (including phenoxy) is 1. The standard InChI is InChI=1S/C14H17NO5/c1-8-12(17)10(7-14(2,19)20-8)15-13(18)9-5-3-4-6-11(9)16/h3-8,12,16-17,19H,1-2H3,(H,15,18)/t8-,12-,14?/m1/s1. The topological polar surface area (TPSA) is 99.0 Å². The van der Waals surface area contributed by atoms with Crippen LogP contribution in [-0.2, 0) is 4.74 Å². The molecule has 0 spiro atoms. The summed E-state index contributed by atoms with van der Waals surface area (Å²) in [5.74, 6) is -2.30. The molecule has 6 nitrogen and oxygen atoms in total. The van der Waals surface area contributed by atoms with Gasteiger partial charge in [0, 0.05) is 0 Å². The fourth-order valence-corrected chi connectivity index (χ4v) is 2.08. The van der Waals surface area contributed by atoms with Crippen molar-refractivity contribution in [2.24, 2.45) is 0 Å². The maximum atomic E-state index is 12.1. The first-order valence-corrected chi connectivity index (χ1v) is 6.20. The van der Waals surface area contributed by atoms with Gasteiger partial charge in [-0.15, -0.1) is 0 Å². The van der Waals surface area contributed by atoms with Gasteiger partial charge < -0.3 is 25.4 Å². The highest BCUT2D eigenvalue weighted by molar-refractivity contribution is 5.97. The predicted molar refractivity (Wildman–Crippen MR) is 70.8 cm³/mol. The second-order valence-electron chi connectivity index (χ2n) is 4.89. The van der Waals surface area contributed by atoms with Crippen molar-refractivity contribution < 1.29 is 24.9 Å². The number of carbonyl (C=O) groups is 1. The molecule has 2 rings (SSSR count). The molecule has 1 aromatic rings. The zero-order valence-electron chi connectivity index (χ0n) is 11.2. The van der Waals surface area contributed by atoms with Crippen LogP contribution in [0.4, 0.5) is 0 Å². The van der Waals surface area contributed by atoms with Crippen LogP contribution in [0.5, 0.6) is 5.75 Å². The summed E-state index contributed by atoms with van der Waals surface area (Å²) in [6.45, 7) is 2.99. The molecule has 3 atom stereocenters. The number of amides is 1. The van der Waals surface area contributed by atoms with Crippen LogP contribution in [0.25, 0.3) is 0 Å². The molecule has 1 unspecified atom stereocenters. The smallest absolute Gasteiger partial charge is 0.259 e. The minimum atomic E-state index is -1.57. The van der Waals surface area contributed by atoms with E-state index in [1.165, 1.54) is 25.1 Å². The molecule has 1 amide bonds. The van der Waals surface area contributed by atoms with Gasteiger partial charge in [-0.05, 0) is 32.1 Å². The predicted octanol–water partition coefficient (Wildman–Crippen LogP) is 0.494. The second-order valence-corrected chi connectivity index (χ2v) is 4.89. The molecule has 108 valence electrons. The lowest BCUT2D eigenvalue weighted by Crippen LogP contribution is -2.47. The lowest BCUT2D eigenvalue weighted by Gasteiger charge is -2.35. The SMILES string of the molecule is C[C@H]1OC(C)(O)C=C(NC(=O)c2ccccc2O)[C@@H]1O. The maximum Gasteiger partial charge on any atom is 0.259 e. The molecule has 0 aromatic heterocycles. The van der Waals surface area contributed by atoms with Gasteiger partial charge in [0.2, 0.25) is 0 Å². The van der Waals surface area contributed by atoms with Gasteiger partial charge in [-0.1, -0.05) is 12.1 Å². The summed E-state index contributed by atoms with van der Waals surface area (Å²) in [7, 11) is 0. The molecule has 1 aliphatic heterocycles. The van der Waals surface area contributed by atoms with Crippen LogP contribution < -0.4 is 5.32 Å². The Labute approximate surface area is 116 Å². The first kappa shape index (κ1) is 14.5. The number of hydrogen-bond donors (Lipinski definition) is 4. The second kappa shape index (κ2) is 5.24. The third-order valence-corrected chi connectivity index (χ3v) is 3.02. The summed E-state index contributed by atoms with van der Waals surface area (Å²) in [5, 5.41) is 31.9. The van der Waals surface area contributed by atoms with E-state index < -0.39 is 23.9 Å². The monoisotopic (exact) mass is 279 g/mol. The first-order chi connectivity index (χ1) is 9.30. The van der Waals surface area contributed by atoms with Crippen LogP contribution >= 0.6 is 0 Å². The normalized spacial score (nSPS) is 29.7. The van der Waals surface area contributed by atoms with E-state index in [1.807, 2.05) is 0 Å². The minimum Gasteiger partial charge on any atom is -0.507 e. The number of benzene rings is 1. The van der Waals surface area contributed by atoms with Crippen LogP contribution in [-0.4, -0.2) is 39.2 Å². The maximum absolute atomic E-state index is 12.1. The van der Waals surface area contributed by atoms with Crippen LogP contribution in [0.15, 0.2) is 36.0 Å². The van der Waals surface area contributed by atoms with Crippen molar-refractivity contribution in [2.45, 2.75) is 31.8 Å². The van der Waals surface area contributed by atoms with E-state index in [0.29, 0.717) is 0 Å². The summed E-state index contributed by atoms with van der Waals surface area (Å²) in [6, 6.07) is 6.06. The highest BCUT2D eigenvalue weighted by Crippen LogP contribution is 2.25. The summed E-state index contributed by atoms with van der Waals surface area (Å²) >= 11 is 0. The van der Waals surface area contributed by atoms with Gasteiger partial charge in [0.25, 0.3) is 5.91 Å².